The van der Waals surface area contributed by atoms with E-state index in [1.54, 1.807) is 18.2 Å². The van der Waals surface area contributed by atoms with Crippen molar-refractivity contribution in [1.29, 1.82) is 0 Å². The van der Waals surface area contributed by atoms with Crippen molar-refractivity contribution in [3.63, 3.8) is 0 Å². The van der Waals surface area contributed by atoms with Gasteiger partial charge in [0.2, 0.25) is 5.75 Å². The predicted molar refractivity (Wildman–Crippen MR) is 75.1 cm³/mol. The lowest BCUT2D eigenvalue weighted by Crippen LogP contribution is -1.99. The van der Waals surface area contributed by atoms with E-state index in [2.05, 4.69) is 6.58 Å². The molecule has 0 saturated heterocycles. The smallest absolute Gasteiger partial charge is 0.328 e. The number of rotatable bonds is 6. The first kappa shape index (κ1) is 13.7. The zero-order valence-electron chi connectivity index (χ0n) is 11.0. The van der Waals surface area contributed by atoms with Gasteiger partial charge in [0.05, 0.1) is 13.4 Å². The van der Waals surface area contributed by atoms with Crippen LogP contribution in [0.3, 0.4) is 0 Å². The fourth-order valence-corrected chi connectivity index (χ4v) is 1.85. The van der Waals surface area contributed by atoms with Crippen LogP contribution in [-0.4, -0.2) is 24.8 Å². The van der Waals surface area contributed by atoms with Gasteiger partial charge in [0.15, 0.2) is 11.3 Å². The molecule has 1 aromatic carbocycles. The molecule has 0 aliphatic carbocycles. The molecule has 0 amide bonds. The average molecular weight is 274 g/mol. The van der Waals surface area contributed by atoms with E-state index in [1.807, 2.05) is 0 Å². The highest BCUT2D eigenvalue weighted by Gasteiger charge is 2.16. The molecule has 0 saturated carbocycles. The molecule has 20 heavy (non-hydrogen) atoms. The summed E-state index contributed by atoms with van der Waals surface area (Å²) >= 11 is 0. The summed E-state index contributed by atoms with van der Waals surface area (Å²) in [5.41, 5.74) is 1.15. The Labute approximate surface area is 115 Å². The zero-order valence-corrected chi connectivity index (χ0v) is 11.0. The molecule has 104 valence electrons. The van der Waals surface area contributed by atoms with Gasteiger partial charge in [0, 0.05) is 17.0 Å². The highest BCUT2D eigenvalue weighted by Crippen LogP contribution is 2.40. The van der Waals surface area contributed by atoms with Gasteiger partial charge in [-0.1, -0.05) is 12.7 Å². The molecule has 5 heteroatoms. The van der Waals surface area contributed by atoms with E-state index in [9.17, 15) is 4.79 Å². The van der Waals surface area contributed by atoms with Crippen molar-refractivity contribution in [2.75, 3.05) is 13.7 Å². The van der Waals surface area contributed by atoms with Crippen LogP contribution in [0.2, 0.25) is 0 Å². The number of hydrogen-bond acceptors (Lipinski definition) is 4. The van der Waals surface area contributed by atoms with Gasteiger partial charge in [-0.25, -0.2) is 4.79 Å². The molecular weight excluding hydrogens is 260 g/mol. The number of carbonyl (C=O) groups is 1. The summed E-state index contributed by atoms with van der Waals surface area (Å²) in [5.74, 6) is -0.183. The largest absolute Gasteiger partial charge is 0.490 e. The number of carboxylic acid groups (broad SMARTS) is 1. The van der Waals surface area contributed by atoms with Crippen molar-refractivity contribution in [3.05, 3.63) is 42.7 Å². The van der Waals surface area contributed by atoms with Gasteiger partial charge in [0.1, 0.15) is 6.61 Å². The van der Waals surface area contributed by atoms with E-state index in [0.717, 1.165) is 11.5 Å². The molecule has 0 atom stereocenters. The maximum Gasteiger partial charge on any atom is 0.328 e. The van der Waals surface area contributed by atoms with Crippen LogP contribution in [0, 0.1) is 0 Å². The molecule has 0 spiro atoms. The third kappa shape index (κ3) is 2.66. The number of hydrogen-bond donors (Lipinski definition) is 1. The van der Waals surface area contributed by atoms with Crippen molar-refractivity contribution in [2.24, 2.45) is 0 Å². The topological polar surface area (TPSA) is 68.9 Å². The first-order chi connectivity index (χ1) is 9.67. The second-order valence-electron chi connectivity index (χ2n) is 3.94. The van der Waals surface area contributed by atoms with E-state index in [1.165, 1.54) is 19.4 Å². The van der Waals surface area contributed by atoms with Gasteiger partial charge in [-0.3, -0.25) is 0 Å². The fourth-order valence-electron chi connectivity index (χ4n) is 1.85. The minimum atomic E-state index is -1.04. The second kappa shape index (κ2) is 5.97. The molecule has 0 aliphatic rings. The van der Waals surface area contributed by atoms with E-state index >= 15 is 0 Å². The van der Waals surface area contributed by atoms with Crippen LogP contribution in [0.4, 0.5) is 0 Å². The predicted octanol–water partition coefficient (Wildman–Crippen LogP) is 3.10. The lowest BCUT2D eigenvalue weighted by Gasteiger charge is -2.12. The van der Waals surface area contributed by atoms with E-state index in [4.69, 9.17) is 19.0 Å². The molecule has 1 aromatic heterocycles. The molecule has 0 bridgehead atoms. The normalized spacial score (nSPS) is 10.8. The van der Waals surface area contributed by atoms with Crippen LogP contribution in [0.15, 0.2) is 41.5 Å². The number of ether oxygens (including phenoxy) is 2. The summed E-state index contributed by atoms with van der Waals surface area (Å²) in [4.78, 5) is 10.7. The summed E-state index contributed by atoms with van der Waals surface area (Å²) in [6, 6.07) is 3.55. The van der Waals surface area contributed by atoms with Crippen LogP contribution in [0.5, 0.6) is 11.5 Å². The van der Waals surface area contributed by atoms with Crippen LogP contribution in [0.1, 0.15) is 5.56 Å². The third-order valence-electron chi connectivity index (χ3n) is 2.64. The molecule has 5 nitrogen and oxygen atoms in total. The Hall–Kier alpha value is -2.69. The monoisotopic (exact) mass is 274 g/mol. The highest BCUT2D eigenvalue weighted by atomic mass is 16.5. The van der Waals surface area contributed by atoms with E-state index in [0.29, 0.717) is 22.6 Å². The molecular formula is C15H14O5. The van der Waals surface area contributed by atoms with Crippen molar-refractivity contribution in [3.8, 4) is 11.5 Å². The number of benzene rings is 1. The lowest BCUT2D eigenvalue weighted by molar-refractivity contribution is -0.131. The fraction of sp³-hybridized carbons (Fsp3) is 0.133. The molecule has 1 N–H and O–H groups in total. The molecule has 2 rings (SSSR count). The van der Waals surface area contributed by atoms with E-state index < -0.39 is 5.97 Å². The number of fused-ring (bicyclic) bond motifs is 1. The van der Waals surface area contributed by atoms with Crippen molar-refractivity contribution in [1.82, 2.24) is 0 Å². The highest BCUT2D eigenvalue weighted by molar-refractivity contribution is 5.92. The number of aliphatic carboxylic acids is 1. The number of carboxylic acids is 1. The maximum absolute atomic E-state index is 10.7. The number of methoxy groups -OCH3 is 1. The van der Waals surface area contributed by atoms with Gasteiger partial charge < -0.3 is 19.0 Å². The Morgan fingerprint density at radius 2 is 2.30 bits per heavy atom. The van der Waals surface area contributed by atoms with Crippen LogP contribution >= 0.6 is 0 Å². The average Bonchev–Trinajstić information content (AvgIpc) is 2.89. The molecule has 0 unspecified atom stereocenters. The SMILES string of the molecule is C=CCOc1c(/C=C\C(=O)O)cc2ccoc2c1OC. The minimum Gasteiger partial charge on any atom is -0.490 e. The Bertz CT molecular complexity index is 666. The molecule has 1 heterocycles. The van der Waals surface area contributed by atoms with Crippen LogP contribution in [-0.2, 0) is 4.79 Å². The zero-order chi connectivity index (χ0) is 14.5. The van der Waals surface area contributed by atoms with Gasteiger partial charge in [-0.2, -0.15) is 0 Å². The van der Waals surface area contributed by atoms with Crippen molar-refractivity contribution in [2.45, 2.75) is 0 Å². The second-order valence-corrected chi connectivity index (χ2v) is 3.94. The molecule has 0 fully saturated rings. The molecule has 0 aliphatic heterocycles. The quantitative estimate of drug-likeness (QED) is 0.647. The molecule has 2 aromatic rings. The summed E-state index contributed by atoms with van der Waals surface area (Å²) in [7, 11) is 1.50. The minimum absolute atomic E-state index is 0.274. The Balaban J connectivity index is 2.62. The van der Waals surface area contributed by atoms with Crippen molar-refractivity contribution >= 4 is 23.0 Å². The Morgan fingerprint density at radius 1 is 1.50 bits per heavy atom. The van der Waals surface area contributed by atoms with Crippen LogP contribution < -0.4 is 9.47 Å². The van der Waals surface area contributed by atoms with Gasteiger partial charge >= 0.3 is 5.97 Å². The third-order valence-corrected chi connectivity index (χ3v) is 2.64. The van der Waals surface area contributed by atoms with Gasteiger partial charge in [-0.05, 0) is 18.2 Å². The lowest BCUT2D eigenvalue weighted by atomic mass is 10.1. The van der Waals surface area contributed by atoms with Crippen LogP contribution in [0.25, 0.3) is 17.0 Å². The first-order valence-electron chi connectivity index (χ1n) is 5.90. The van der Waals surface area contributed by atoms with Gasteiger partial charge in [-0.15, -0.1) is 0 Å². The van der Waals surface area contributed by atoms with Gasteiger partial charge in [0.25, 0.3) is 0 Å². The van der Waals surface area contributed by atoms with Crippen molar-refractivity contribution < 1.29 is 23.8 Å². The summed E-state index contributed by atoms with van der Waals surface area (Å²) in [6.45, 7) is 3.86. The Morgan fingerprint density at radius 3 is 2.95 bits per heavy atom. The summed E-state index contributed by atoms with van der Waals surface area (Å²) in [6.07, 6.45) is 5.63. The maximum atomic E-state index is 10.7. The number of furan rings is 1. The first-order valence-corrected chi connectivity index (χ1v) is 5.90. The summed E-state index contributed by atoms with van der Waals surface area (Å²) in [5, 5.41) is 9.55. The summed E-state index contributed by atoms with van der Waals surface area (Å²) < 4.78 is 16.3. The standard InChI is InChI=1S/C15H14O5/c1-3-7-19-13-10(4-5-12(16)17)9-11-6-8-20-14(11)15(13)18-2/h3-6,8-9H,1,7H2,2H3,(H,16,17)/b5-4-. The molecule has 0 radical (unpaired) electrons. The van der Waals surface area contributed by atoms with E-state index in [-0.39, 0.29) is 6.61 Å². The Kier molecular flexibility index (Phi) is 4.10.